The highest BCUT2D eigenvalue weighted by atomic mass is 16.5. The molecule has 1 aromatic carbocycles. The topological polar surface area (TPSA) is 44.5 Å². The largest absolute Gasteiger partial charge is 0.493 e. The number of ether oxygens (including phenoxy) is 2. The Morgan fingerprint density at radius 2 is 2.05 bits per heavy atom. The second-order valence-electron chi connectivity index (χ2n) is 5.73. The molecule has 2 N–H and O–H groups in total. The van der Waals surface area contributed by atoms with Crippen LogP contribution in [-0.4, -0.2) is 19.8 Å². The van der Waals surface area contributed by atoms with Crippen molar-refractivity contribution in [2.45, 2.75) is 38.1 Å². The van der Waals surface area contributed by atoms with Gasteiger partial charge in [-0.05, 0) is 61.3 Å². The first-order chi connectivity index (χ1) is 9.33. The number of nitrogens with two attached hydrogens (primary N) is 1. The van der Waals surface area contributed by atoms with Crippen LogP contribution in [0.2, 0.25) is 0 Å². The monoisotopic (exact) mass is 261 g/mol. The average molecular weight is 261 g/mol. The van der Waals surface area contributed by atoms with Crippen molar-refractivity contribution in [3.63, 3.8) is 0 Å². The van der Waals surface area contributed by atoms with E-state index in [-0.39, 0.29) is 6.04 Å². The molecule has 0 bridgehead atoms. The summed E-state index contributed by atoms with van der Waals surface area (Å²) in [5, 5.41) is 0. The second-order valence-corrected chi connectivity index (χ2v) is 5.73. The highest BCUT2D eigenvalue weighted by Crippen LogP contribution is 2.31. The number of hydrogen-bond acceptors (Lipinski definition) is 3. The van der Waals surface area contributed by atoms with Gasteiger partial charge in [0.25, 0.3) is 0 Å². The van der Waals surface area contributed by atoms with Gasteiger partial charge in [0.15, 0.2) is 0 Å². The smallest absolute Gasteiger partial charge is 0.119 e. The molecule has 1 aliphatic carbocycles. The van der Waals surface area contributed by atoms with Crippen LogP contribution < -0.4 is 10.5 Å². The third-order valence-electron chi connectivity index (χ3n) is 4.30. The summed E-state index contributed by atoms with van der Waals surface area (Å²) in [6.07, 6.45) is 5.68. The minimum Gasteiger partial charge on any atom is -0.493 e. The number of rotatable bonds is 3. The summed E-state index contributed by atoms with van der Waals surface area (Å²) in [6, 6.07) is 6.63. The van der Waals surface area contributed by atoms with E-state index >= 15 is 0 Å². The van der Waals surface area contributed by atoms with Gasteiger partial charge >= 0.3 is 0 Å². The van der Waals surface area contributed by atoms with E-state index in [0.717, 1.165) is 51.3 Å². The Labute approximate surface area is 115 Å². The number of aryl methyl sites for hydroxylation is 1. The van der Waals surface area contributed by atoms with Gasteiger partial charge < -0.3 is 15.2 Å². The van der Waals surface area contributed by atoms with E-state index in [1.165, 1.54) is 17.5 Å². The van der Waals surface area contributed by atoms with Crippen molar-refractivity contribution in [1.29, 1.82) is 0 Å². The minimum atomic E-state index is 0.216. The molecule has 1 saturated heterocycles. The molecule has 0 amide bonds. The highest BCUT2D eigenvalue weighted by molar-refractivity contribution is 5.38. The number of fused-ring (bicyclic) bond motifs is 1. The third-order valence-corrected chi connectivity index (χ3v) is 4.30. The maximum Gasteiger partial charge on any atom is 0.119 e. The van der Waals surface area contributed by atoms with Crippen molar-refractivity contribution in [2.24, 2.45) is 11.7 Å². The second kappa shape index (κ2) is 5.93. The molecule has 0 spiro atoms. The van der Waals surface area contributed by atoms with Crippen LogP contribution >= 0.6 is 0 Å². The molecule has 1 fully saturated rings. The molecule has 1 aromatic rings. The molecule has 2 aliphatic rings. The van der Waals surface area contributed by atoms with E-state index in [1.807, 2.05) is 0 Å². The fourth-order valence-corrected chi connectivity index (χ4v) is 3.05. The quantitative estimate of drug-likeness (QED) is 0.910. The van der Waals surface area contributed by atoms with Crippen LogP contribution in [0.15, 0.2) is 18.2 Å². The normalized spacial score (nSPS) is 23.9. The van der Waals surface area contributed by atoms with Crippen molar-refractivity contribution in [2.75, 3.05) is 19.8 Å². The zero-order valence-electron chi connectivity index (χ0n) is 11.4. The van der Waals surface area contributed by atoms with Gasteiger partial charge in [-0.3, -0.25) is 0 Å². The van der Waals surface area contributed by atoms with Crippen LogP contribution in [0.5, 0.6) is 5.75 Å². The minimum absolute atomic E-state index is 0.216. The summed E-state index contributed by atoms with van der Waals surface area (Å²) in [7, 11) is 0. The first kappa shape index (κ1) is 12.9. The van der Waals surface area contributed by atoms with Gasteiger partial charge in [0.1, 0.15) is 5.75 Å². The standard InChI is InChI=1S/C16H23NO2/c17-16-3-1-2-13-10-14(4-5-15(13)16)19-11-12-6-8-18-9-7-12/h4-5,10,12,16H,1-3,6-9,11,17H2. The van der Waals surface area contributed by atoms with Crippen LogP contribution in [0.1, 0.15) is 42.9 Å². The Balaban J connectivity index is 1.62. The molecule has 3 rings (SSSR count). The summed E-state index contributed by atoms with van der Waals surface area (Å²) in [4.78, 5) is 0. The van der Waals surface area contributed by atoms with Gasteiger partial charge in [-0.2, -0.15) is 0 Å². The molecule has 0 radical (unpaired) electrons. The summed E-state index contributed by atoms with van der Waals surface area (Å²) in [6.45, 7) is 2.58. The van der Waals surface area contributed by atoms with Crippen molar-refractivity contribution < 1.29 is 9.47 Å². The van der Waals surface area contributed by atoms with Crippen molar-refractivity contribution >= 4 is 0 Å². The van der Waals surface area contributed by atoms with Gasteiger partial charge in [-0.1, -0.05) is 6.07 Å². The fraction of sp³-hybridized carbons (Fsp3) is 0.625. The van der Waals surface area contributed by atoms with Gasteiger partial charge in [-0.25, -0.2) is 0 Å². The van der Waals surface area contributed by atoms with Crippen LogP contribution in [0.4, 0.5) is 0 Å². The van der Waals surface area contributed by atoms with E-state index in [9.17, 15) is 0 Å². The molecule has 104 valence electrons. The molecule has 3 nitrogen and oxygen atoms in total. The van der Waals surface area contributed by atoms with E-state index in [0.29, 0.717) is 5.92 Å². The lowest BCUT2D eigenvalue weighted by molar-refractivity contribution is 0.0497. The predicted octanol–water partition coefficient (Wildman–Crippen LogP) is 2.83. The van der Waals surface area contributed by atoms with E-state index < -0.39 is 0 Å². The van der Waals surface area contributed by atoms with Gasteiger partial charge in [0.05, 0.1) is 6.61 Å². The molecule has 0 aromatic heterocycles. The molecule has 1 unspecified atom stereocenters. The zero-order chi connectivity index (χ0) is 13.1. The number of hydrogen-bond donors (Lipinski definition) is 1. The Morgan fingerprint density at radius 3 is 2.89 bits per heavy atom. The van der Waals surface area contributed by atoms with Gasteiger partial charge in [0.2, 0.25) is 0 Å². The predicted molar refractivity (Wildman–Crippen MR) is 75.3 cm³/mol. The molecule has 1 heterocycles. The first-order valence-corrected chi connectivity index (χ1v) is 7.42. The maximum atomic E-state index is 6.13. The SMILES string of the molecule is NC1CCCc2cc(OCC3CCOCC3)ccc21. The Bertz CT molecular complexity index is 427. The Hall–Kier alpha value is -1.06. The summed E-state index contributed by atoms with van der Waals surface area (Å²) >= 11 is 0. The van der Waals surface area contributed by atoms with Gasteiger partial charge in [0, 0.05) is 19.3 Å². The lowest BCUT2D eigenvalue weighted by atomic mass is 9.88. The van der Waals surface area contributed by atoms with Crippen LogP contribution in [0.3, 0.4) is 0 Å². The summed E-state index contributed by atoms with van der Waals surface area (Å²) in [5.74, 6) is 1.64. The number of benzene rings is 1. The Morgan fingerprint density at radius 1 is 1.21 bits per heavy atom. The molecule has 1 atom stereocenters. The lowest BCUT2D eigenvalue weighted by Crippen LogP contribution is -2.21. The third kappa shape index (κ3) is 3.10. The van der Waals surface area contributed by atoms with Crippen molar-refractivity contribution in [3.8, 4) is 5.75 Å². The summed E-state index contributed by atoms with van der Waals surface area (Å²) in [5.41, 5.74) is 8.82. The molecule has 19 heavy (non-hydrogen) atoms. The van der Waals surface area contributed by atoms with Crippen molar-refractivity contribution in [3.05, 3.63) is 29.3 Å². The molecular formula is C16H23NO2. The van der Waals surface area contributed by atoms with E-state index in [4.69, 9.17) is 15.2 Å². The van der Waals surface area contributed by atoms with E-state index in [2.05, 4.69) is 18.2 Å². The lowest BCUT2D eigenvalue weighted by Gasteiger charge is -2.24. The molecular weight excluding hydrogens is 238 g/mol. The van der Waals surface area contributed by atoms with Crippen LogP contribution in [0.25, 0.3) is 0 Å². The first-order valence-electron chi connectivity index (χ1n) is 7.42. The highest BCUT2D eigenvalue weighted by Gasteiger charge is 2.18. The average Bonchev–Trinajstić information content (AvgIpc) is 2.46. The molecule has 0 saturated carbocycles. The summed E-state index contributed by atoms with van der Waals surface area (Å²) < 4.78 is 11.3. The van der Waals surface area contributed by atoms with Crippen LogP contribution in [-0.2, 0) is 11.2 Å². The Kier molecular flexibility index (Phi) is 4.04. The zero-order valence-corrected chi connectivity index (χ0v) is 11.4. The molecule has 1 aliphatic heterocycles. The molecule has 3 heteroatoms. The van der Waals surface area contributed by atoms with Crippen LogP contribution in [0, 0.1) is 5.92 Å². The fourth-order valence-electron chi connectivity index (χ4n) is 3.05. The van der Waals surface area contributed by atoms with E-state index in [1.54, 1.807) is 0 Å². The van der Waals surface area contributed by atoms with Crippen molar-refractivity contribution in [1.82, 2.24) is 0 Å². The van der Waals surface area contributed by atoms with Gasteiger partial charge in [-0.15, -0.1) is 0 Å². The maximum absolute atomic E-state index is 6.13.